The topological polar surface area (TPSA) is 36.9 Å². The summed E-state index contributed by atoms with van der Waals surface area (Å²) in [5.74, 6) is 0.713. The number of furan rings is 1. The van der Waals surface area contributed by atoms with Gasteiger partial charge >= 0.3 is 0 Å². The van der Waals surface area contributed by atoms with Gasteiger partial charge in [-0.3, -0.25) is 0 Å². The number of nitrogens with zero attached hydrogens (tertiary/aromatic N) is 1. The van der Waals surface area contributed by atoms with Crippen LogP contribution in [0.3, 0.4) is 0 Å². The van der Waals surface area contributed by atoms with Gasteiger partial charge in [0.05, 0.1) is 0 Å². The summed E-state index contributed by atoms with van der Waals surface area (Å²) < 4.78 is 5.65. The van der Waals surface area contributed by atoms with E-state index in [-0.39, 0.29) is 5.92 Å². The molecule has 0 spiro atoms. The predicted octanol–water partition coefficient (Wildman–Crippen LogP) is 5.02. The van der Waals surface area contributed by atoms with Crippen LogP contribution in [-0.4, -0.2) is 0 Å². The van der Waals surface area contributed by atoms with Crippen molar-refractivity contribution >= 4 is 11.0 Å². The van der Waals surface area contributed by atoms with Gasteiger partial charge in [0.1, 0.15) is 11.7 Å². The van der Waals surface area contributed by atoms with Crippen molar-refractivity contribution in [3.8, 4) is 6.07 Å². The Balaban J connectivity index is 2.07. The minimum atomic E-state index is 0.271. The van der Waals surface area contributed by atoms with Gasteiger partial charge in [-0.05, 0) is 35.6 Å². The first kappa shape index (κ1) is 13.5. The highest BCUT2D eigenvalue weighted by molar-refractivity contribution is 5.84. The molecular formula is C19H17NO. The van der Waals surface area contributed by atoms with Crippen LogP contribution in [-0.2, 0) is 6.42 Å². The second kappa shape index (κ2) is 5.46. The summed E-state index contributed by atoms with van der Waals surface area (Å²) in [6.07, 6.45) is 0.890. The van der Waals surface area contributed by atoms with Crippen LogP contribution in [0.25, 0.3) is 11.0 Å². The molecule has 1 aromatic heterocycles. The molecule has 0 radical (unpaired) electrons. The normalized spacial score (nSPS) is 11.0. The maximum atomic E-state index is 9.23. The Labute approximate surface area is 124 Å². The van der Waals surface area contributed by atoms with Gasteiger partial charge in [0, 0.05) is 10.9 Å². The van der Waals surface area contributed by atoms with Gasteiger partial charge in [0.25, 0.3) is 0 Å². The van der Waals surface area contributed by atoms with Crippen molar-refractivity contribution in [2.75, 3.05) is 0 Å². The maximum absolute atomic E-state index is 9.23. The largest absolute Gasteiger partial charge is 0.445 e. The summed E-state index contributed by atoms with van der Waals surface area (Å²) in [6.45, 7) is 4.18. The van der Waals surface area contributed by atoms with Gasteiger partial charge in [0.2, 0.25) is 5.76 Å². The van der Waals surface area contributed by atoms with Crippen molar-refractivity contribution in [1.82, 2.24) is 0 Å². The third-order valence-corrected chi connectivity index (χ3v) is 3.72. The van der Waals surface area contributed by atoms with E-state index in [0.29, 0.717) is 5.76 Å². The fourth-order valence-corrected chi connectivity index (χ4v) is 2.76. The highest BCUT2D eigenvalue weighted by Gasteiger charge is 2.17. The van der Waals surface area contributed by atoms with E-state index in [0.717, 1.165) is 23.0 Å². The van der Waals surface area contributed by atoms with Crippen molar-refractivity contribution in [3.63, 3.8) is 0 Å². The number of rotatable bonds is 3. The molecule has 0 unspecified atom stereocenters. The lowest BCUT2D eigenvalue weighted by molar-refractivity contribution is 0.589. The molecule has 21 heavy (non-hydrogen) atoms. The van der Waals surface area contributed by atoms with Crippen LogP contribution in [0.2, 0.25) is 0 Å². The van der Waals surface area contributed by atoms with Gasteiger partial charge in [-0.15, -0.1) is 0 Å². The Morgan fingerprint density at radius 1 is 1.05 bits per heavy atom. The van der Waals surface area contributed by atoms with Gasteiger partial charge < -0.3 is 4.42 Å². The summed E-state index contributed by atoms with van der Waals surface area (Å²) in [5, 5.41) is 10.3. The number of nitriles is 1. The van der Waals surface area contributed by atoms with Crippen molar-refractivity contribution < 1.29 is 4.42 Å². The van der Waals surface area contributed by atoms with Crippen LogP contribution in [0.15, 0.2) is 52.9 Å². The first-order valence-electron chi connectivity index (χ1n) is 7.18. The number of benzene rings is 2. The molecule has 3 rings (SSSR count). The van der Waals surface area contributed by atoms with Crippen LogP contribution in [0.5, 0.6) is 0 Å². The molecule has 3 aromatic rings. The van der Waals surface area contributed by atoms with Gasteiger partial charge in [-0.25, -0.2) is 0 Å². The number of hydrogen-bond donors (Lipinski definition) is 0. The summed E-state index contributed by atoms with van der Waals surface area (Å²) in [6, 6.07) is 18.8. The Hall–Kier alpha value is -2.53. The molecule has 0 aliphatic rings. The van der Waals surface area contributed by atoms with Crippen molar-refractivity contribution in [2.45, 2.75) is 26.2 Å². The molecule has 0 fully saturated rings. The fourth-order valence-electron chi connectivity index (χ4n) is 2.76. The second-order valence-corrected chi connectivity index (χ2v) is 5.60. The minimum Gasteiger partial charge on any atom is -0.445 e. The second-order valence-electron chi connectivity index (χ2n) is 5.60. The molecule has 0 saturated carbocycles. The lowest BCUT2D eigenvalue weighted by Gasteiger charge is -2.05. The molecule has 0 bridgehead atoms. The highest BCUT2D eigenvalue weighted by atomic mass is 16.3. The minimum absolute atomic E-state index is 0.271. The predicted molar refractivity (Wildman–Crippen MR) is 84.3 cm³/mol. The van der Waals surface area contributed by atoms with Crippen molar-refractivity contribution in [2.24, 2.45) is 0 Å². The molecule has 0 N–H and O–H groups in total. The Morgan fingerprint density at radius 2 is 1.81 bits per heavy atom. The van der Waals surface area contributed by atoms with Crippen LogP contribution in [0.4, 0.5) is 0 Å². The number of fused-ring (bicyclic) bond motifs is 1. The Bertz CT molecular complexity index is 807. The zero-order valence-corrected chi connectivity index (χ0v) is 12.3. The molecular weight excluding hydrogens is 258 g/mol. The molecule has 2 aromatic carbocycles. The lowest BCUT2D eigenvalue weighted by atomic mass is 9.97. The lowest BCUT2D eigenvalue weighted by Crippen LogP contribution is -1.90. The molecule has 0 amide bonds. The Kier molecular flexibility index (Phi) is 3.50. The molecule has 1 heterocycles. The smallest absolute Gasteiger partial charge is 0.208 e. The van der Waals surface area contributed by atoms with Crippen LogP contribution >= 0.6 is 0 Å². The average Bonchev–Trinajstić information content (AvgIpc) is 2.86. The zero-order chi connectivity index (χ0) is 14.8. The molecule has 0 aliphatic carbocycles. The van der Waals surface area contributed by atoms with Gasteiger partial charge in [0.15, 0.2) is 0 Å². The van der Waals surface area contributed by atoms with Crippen LogP contribution in [0, 0.1) is 11.3 Å². The SMILES string of the molecule is CC(C)c1c(C#N)oc2ccc(Cc3ccccc3)cc12. The first-order chi connectivity index (χ1) is 10.2. The summed E-state index contributed by atoms with van der Waals surface area (Å²) >= 11 is 0. The standard InChI is InChI=1S/C19H17NO/c1-13(2)19-16-11-15(10-14-6-4-3-5-7-14)8-9-17(16)21-18(19)12-20/h3-9,11,13H,10H2,1-2H3. The summed E-state index contributed by atoms with van der Waals surface area (Å²) in [7, 11) is 0. The molecule has 0 saturated heterocycles. The van der Waals surface area contributed by atoms with Crippen molar-refractivity contribution in [3.05, 3.63) is 71.0 Å². The van der Waals surface area contributed by atoms with Gasteiger partial charge in [-0.2, -0.15) is 5.26 Å². The van der Waals surface area contributed by atoms with E-state index in [9.17, 15) is 5.26 Å². The quantitative estimate of drug-likeness (QED) is 0.673. The van der Waals surface area contributed by atoms with E-state index in [1.54, 1.807) is 0 Å². The van der Waals surface area contributed by atoms with E-state index < -0.39 is 0 Å². The molecule has 2 nitrogen and oxygen atoms in total. The zero-order valence-electron chi connectivity index (χ0n) is 12.3. The fraction of sp³-hybridized carbons (Fsp3) is 0.211. The van der Waals surface area contributed by atoms with E-state index >= 15 is 0 Å². The monoisotopic (exact) mass is 275 g/mol. The summed E-state index contributed by atoms with van der Waals surface area (Å²) in [4.78, 5) is 0. The van der Waals surface area contributed by atoms with Crippen LogP contribution in [0.1, 0.15) is 42.2 Å². The molecule has 2 heteroatoms. The maximum Gasteiger partial charge on any atom is 0.208 e. The highest BCUT2D eigenvalue weighted by Crippen LogP contribution is 2.32. The third-order valence-electron chi connectivity index (χ3n) is 3.72. The number of hydrogen-bond acceptors (Lipinski definition) is 2. The van der Waals surface area contributed by atoms with E-state index in [1.165, 1.54) is 11.1 Å². The molecule has 104 valence electrons. The molecule has 0 aliphatic heterocycles. The van der Waals surface area contributed by atoms with E-state index in [2.05, 4.69) is 56.3 Å². The van der Waals surface area contributed by atoms with Crippen LogP contribution < -0.4 is 0 Å². The first-order valence-corrected chi connectivity index (χ1v) is 7.18. The van der Waals surface area contributed by atoms with Crippen molar-refractivity contribution in [1.29, 1.82) is 5.26 Å². The van der Waals surface area contributed by atoms with E-state index in [1.807, 2.05) is 12.1 Å². The third kappa shape index (κ3) is 2.55. The van der Waals surface area contributed by atoms with Gasteiger partial charge in [-0.1, -0.05) is 50.2 Å². The summed E-state index contributed by atoms with van der Waals surface area (Å²) in [5.41, 5.74) is 4.34. The Morgan fingerprint density at radius 3 is 2.48 bits per heavy atom. The van der Waals surface area contributed by atoms with E-state index in [4.69, 9.17) is 4.42 Å². The molecule has 0 atom stereocenters. The average molecular weight is 275 g/mol.